The van der Waals surface area contributed by atoms with E-state index in [4.69, 9.17) is 14.2 Å². The summed E-state index contributed by atoms with van der Waals surface area (Å²) in [5.74, 6) is 0.660. The van der Waals surface area contributed by atoms with Crippen molar-refractivity contribution in [3.05, 3.63) is 65.7 Å². The summed E-state index contributed by atoms with van der Waals surface area (Å²) in [7, 11) is 1.60. The summed E-state index contributed by atoms with van der Waals surface area (Å²) in [6.45, 7) is 6.43. The van der Waals surface area contributed by atoms with Crippen LogP contribution in [0.25, 0.3) is 0 Å². The van der Waals surface area contributed by atoms with Crippen molar-refractivity contribution < 1.29 is 23.8 Å². The molecule has 0 bridgehead atoms. The lowest BCUT2D eigenvalue weighted by Gasteiger charge is -2.37. The smallest absolute Gasteiger partial charge is 0.254 e. The largest absolute Gasteiger partial charge is 0.497 e. The third kappa shape index (κ3) is 6.34. The number of methoxy groups -OCH3 is 1. The van der Waals surface area contributed by atoms with E-state index in [1.807, 2.05) is 40.1 Å². The lowest BCUT2D eigenvalue weighted by Crippen LogP contribution is -2.52. The Morgan fingerprint density at radius 1 is 0.971 bits per heavy atom. The topological polar surface area (TPSA) is 71.6 Å². The number of rotatable bonds is 8. The Balaban J connectivity index is 1.41. The highest BCUT2D eigenvalue weighted by molar-refractivity contribution is 5.95. The van der Waals surface area contributed by atoms with E-state index < -0.39 is 0 Å². The third-order valence-electron chi connectivity index (χ3n) is 6.28. The molecule has 2 amide bonds. The molecule has 4 rings (SSSR count). The zero-order valence-corrected chi connectivity index (χ0v) is 19.7. The highest BCUT2D eigenvalue weighted by Crippen LogP contribution is 2.16. The van der Waals surface area contributed by atoms with Gasteiger partial charge in [0, 0.05) is 56.9 Å². The lowest BCUT2D eigenvalue weighted by atomic mass is 10.1. The van der Waals surface area contributed by atoms with E-state index in [-0.39, 0.29) is 17.9 Å². The fraction of sp³-hybridized carbons (Fsp3) is 0.462. The summed E-state index contributed by atoms with van der Waals surface area (Å²) in [5.41, 5.74) is 1.28. The van der Waals surface area contributed by atoms with E-state index in [1.165, 1.54) is 0 Å². The summed E-state index contributed by atoms with van der Waals surface area (Å²) < 4.78 is 16.6. The number of ether oxygens (including phenoxy) is 3. The number of hydrogen-bond acceptors (Lipinski definition) is 6. The summed E-state index contributed by atoms with van der Waals surface area (Å²) in [6, 6.07) is 16.5. The van der Waals surface area contributed by atoms with E-state index >= 15 is 0 Å². The molecule has 0 spiro atoms. The summed E-state index contributed by atoms with van der Waals surface area (Å²) in [4.78, 5) is 32.4. The third-order valence-corrected chi connectivity index (χ3v) is 6.28. The van der Waals surface area contributed by atoms with E-state index in [1.54, 1.807) is 31.4 Å². The molecule has 0 aliphatic carbocycles. The van der Waals surface area contributed by atoms with Crippen LogP contribution in [0.2, 0.25) is 0 Å². The van der Waals surface area contributed by atoms with Crippen molar-refractivity contribution in [1.82, 2.24) is 14.7 Å². The first-order valence-electron chi connectivity index (χ1n) is 11.8. The van der Waals surface area contributed by atoms with Crippen LogP contribution in [0.1, 0.15) is 20.7 Å². The molecule has 0 saturated carbocycles. The van der Waals surface area contributed by atoms with Gasteiger partial charge in [0.1, 0.15) is 5.75 Å². The number of nitrogens with zero attached hydrogens (tertiary/aromatic N) is 3. The van der Waals surface area contributed by atoms with Crippen LogP contribution in [-0.4, -0.2) is 105 Å². The predicted molar refractivity (Wildman–Crippen MR) is 128 cm³/mol. The van der Waals surface area contributed by atoms with Gasteiger partial charge in [-0.05, 0) is 36.4 Å². The van der Waals surface area contributed by atoms with Crippen LogP contribution in [0.15, 0.2) is 54.6 Å². The number of benzene rings is 2. The molecule has 0 radical (unpaired) electrons. The molecule has 182 valence electrons. The van der Waals surface area contributed by atoms with Gasteiger partial charge in [0.25, 0.3) is 11.8 Å². The number of carbonyl (C=O) groups is 2. The van der Waals surface area contributed by atoms with E-state index in [9.17, 15) is 9.59 Å². The molecule has 8 heteroatoms. The normalized spacial score (nSPS) is 19.0. The molecule has 1 atom stereocenters. The minimum absolute atomic E-state index is 0.0175. The second-order valence-corrected chi connectivity index (χ2v) is 8.54. The van der Waals surface area contributed by atoms with Crippen LogP contribution in [-0.2, 0) is 9.47 Å². The molecule has 2 fully saturated rings. The van der Waals surface area contributed by atoms with Crippen molar-refractivity contribution in [1.29, 1.82) is 0 Å². The zero-order valence-electron chi connectivity index (χ0n) is 19.7. The molecule has 2 aromatic carbocycles. The number of carbonyl (C=O) groups excluding carboxylic acids is 2. The van der Waals surface area contributed by atoms with Gasteiger partial charge in [0.2, 0.25) is 0 Å². The van der Waals surface area contributed by atoms with Crippen LogP contribution in [0.3, 0.4) is 0 Å². The minimum Gasteiger partial charge on any atom is -0.497 e. The van der Waals surface area contributed by atoms with Crippen LogP contribution in [0.4, 0.5) is 0 Å². The summed E-state index contributed by atoms with van der Waals surface area (Å²) >= 11 is 0. The van der Waals surface area contributed by atoms with Gasteiger partial charge in [0.15, 0.2) is 0 Å². The van der Waals surface area contributed by atoms with Gasteiger partial charge < -0.3 is 24.0 Å². The number of amides is 2. The van der Waals surface area contributed by atoms with Crippen molar-refractivity contribution in [3.63, 3.8) is 0 Å². The Labute approximate surface area is 201 Å². The Hall–Kier alpha value is -2.94. The first kappa shape index (κ1) is 24.2. The van der Waals surface area contributed by atoms with Crippen molar-refractivity contribution in [3.8, 4) is 5.75 Å². The first-order chi connectivity index (χ1) is 16.6. The second-order valence-electron chi connectivity index (χ2n) is 8.54. The average Bonchev–Trinajstić information content (AvgIpc) is 2.91. The molecule has 2 heterocycles. The average molecular weight is 468 g/mol. The first-order valence-corrected chi connectivity index (χ1v) is 11.8. The van der Waals surface area contributed by atoms with E-state index in [0.29, 0.717) is 49.7 Å². The zero-order chi connectivity index (χ0) is 23.8. The van der Waals surface area contributed by atoms with Gasteiger partial charge in [-0.1, -0.05) is 18.2 Å². The molecular weight excluding hydrogens is 434 g/mol. The quantitative estimate of drug-likeness (QED) is 0.592. The van der Waals surface area contributed by atoms with Crippen molar-refractivity contribution in [2.24, 2.45) is 0 Å². The Morgan fingerprint density at radius 3 is 2.41 bits per heavy atom. The van der Waals surface area contributed by atoms with Gasteiger partial charge in [-0.25, -0.2) is 0 Å². The maximum absolute atomic E-state index is 13.3. The van der Waals surface area contributed by atoms with Gasteiger partial charge >= 0.3 is 0 Å². The highest BCUT2D eigenvalue weighted by atomic mass is 16.5. The van der Waals surface area contributed by atoms with Crippen molar-refractivity contribution in [2.75, 3.05) is 72.7 Å². The van der Waals surface area contributed by atoms with Crippen molar-refractivity contribution >= 4 is 11.8 Å². The SMILES string of the molecule is COc1ccc(C(=O)N2CCOC(CN(CCN3CCOCC3)C(=O)c3ccccc3)C2)cc1. The second kappa shape index (κ2) is 12.0. The number of morpholine rings is 2. The minimum atomic E-state index is -0.242. The number of hydrogen-bond donors (Lipinski definition) is 0. The van der Waals surface area contributed by atoms with Gasteiger partial charge in [0.05, 0.1) is 33.0 Å². The molecule has 34 heavy (non-hydrogen) atoms. The molecular formula is C26H33N3O5. The van der Waals surface area contributed by atoms with Crippen LogP contribution < -0.4 is 4.74 Å². The molecule has 0 aromatic heterocycles. The summed E-state index contributed by atoms with van der Waals surface area (Å²) in [5, 5.41) is 0. The van der Waals surface area contributed by atoms with Crippen molar-refractivity contribution in [2.45, 2.75) is 6.10 Å². The predicted octanol–water partition coefficient (Wildman–Crippen LogP) is 2.01. The van der Waals surface area contributed by atoms with Crippen LogP contribution >= 0.6 is 0 Å². The van der Waals surface area contributed by atoms with Crippen LogP contribution in [0, 0.1) is 0 Å². The maximum atomic E-state index is 13.3. The lowest BCUT2D eigenvalue weighted by molar-refractivity contribution is -0.0346. The standard InChI is InChI=1S/C26H33N3O5/c1-32-23-9-7-22(8-10-23)26(31)29-15-18-34-24(20-29)19-28(12-11-27-13-16-33-17-14-27)25(30)21-5-3-2-4-6-21/h2-10,24H,11-20H2,1H3. The van der Waals surface area contributed by atoms with Gasteiger partial charge in [-0.3, -0.25) is 14.5 Å². The molecule has 2 aliphatic rings. The van der Waals surface area contributed by atoms with E-state index in [0.717, 1.165) is 32.8 Å². The molecule has 2 saturated heterocycles. The maximum Gasteiger partial charge on any atom is 0.254 e. The molecule has 1 unspecified atom stereocenters. The molecule has 0 N–H and O–H groups in total. The highest BCUT2D eigenvalue weighted by Gasteiger charge is 2.29. The van der Waals surface area contributed by atoms with Gasteiger partial charge in [-0.15, -0.1) is 0 Å². The fourth-order valence-corrected chi connectivity index (χ4v) is 4.30. The van der Waals surface area contributed by atoms with Crippen LogP contribution in [0.5, 0.6) is 5.75 Å². The Kier molecular flexibility index (Phi) is 8.51. The Morgan fingerprint density at radius 2 is 1.71 bits per heavy atom. The summed E-state index contributed by atoms with van der Waals surface area (Å²) in [6.07, 6.45) is -0.242. The Bertz CT molecular complexity index is 931. The van der Waals surface area contributed by atoms with E-state index in [2.05, 4.69) is 4.90 Å². The molecule has 8 nitrogen and oxygen atoms in total. The molecule has 2 aromatic rings. The monoisotopic (exact) mass is 467 g/mol. The fourth-order valence-electron chi connectivity index (χ4n) is 4.30. The molecule has 2 aliphatic heterocycles. The van der Waals surface area contributed by atoms with Gasteiger partial charge in [-0.2, -0.15) is 0 Å².